The number of carbonyl (C=O) groups excluding carboxylic acids is 1. The van der Waals surface area contributed by atoms with E-state index in [1.165, 1.54) is 12.7 Å². The lowest BCUT2D eigenvalue weighted by atomic mass is 10.2. The monoisotopic (exact) mass is 487 g/mol. The second-order valence-corrected chi connectivity index (χ2v) is 5.69. The van der Waals surface area contributed by atoms with Gasteiger partial charge in [0.05, 0.1) is 20.2 Å². The minimum Gasteiger partial charge on any atom is -0.492 e. The van der Waals surface area contributed by atoms with Crippen LogP contribution in [0, 0.1) is 13.8 Å². The smallest absolute Gasteiger partial charge is 0.341 e. The molecule has 0 aliphatic carbocycles. The number of halogens is 1. The van der Waals surface area contributed by atoms with E-state index in [2.05, 4.69) is 15.6 Å². The van der Waals surface area contributed by atoms with Gasteiger partial charge in [0.25, 0.3) is 0 Å². The Labute approximate surface area is 176 Å². The maximum atomic E-state index is 11.6. The van der Waals surface area contributed by atoms with Gasteiger partial charge >= 0.3 is 5.97 Å². The lowest BCUT2D eigenvalue weighted by molar-refractivity contribution is 0.0599. The minimum absolute atomic E-state index is 0. The van der Waals surface area contributed by atoms with E-state index in [1.807, 2.05) is 31.2 Å². The molecule has 0 unspecified atom stereocenters. The van der Waals surface area contributed by atoms with Gasteiger partial charge in [-0.05, 0) is 32.0 Å². The first-order chi connectivity index (χ1) is 12.5. The van der Waals surface area contributed by atoms with Crippen LogP contribution in [0.25, 0.3) is 0 Å². The van der Waals surface area contributed by atoms with Crippen LogP contribution >= 0.6 is 24.0 Å². The summed E-state index contributed by atoms with van der Waals surface area (Å²) in [6.07, 6.45) is 0. The van der Waals surface area contributed by atoms with Crippen LogP contribution in [0.4, 0.5) is 0 Å². The number of nitrogens with one attached hydrogen (secondary N) is 2. The summed E-state index contributed by atoms with van der Waals surface area (Å²) in [7, 11) is 3.03. The third kappa shape index (κ3) is 7.12. The van der Waals surface area contributed by atoms with Gasteiger partial charge in [0, 0.05) is 7.05 Å². The summed E-state index contributed by atoms with van der Waals surface area (Å²) in [5.41, 5.74) is 1.63. The number of esters is 1. The first kappa shape index (κ1) is 22.8. The second kappa shape index (κ2) is 11.5. The molecule has 2 aromatic rings. The number of furan rings is 1. The molecule has 0 saturated heterocycles. The molecule has 27 heavy (non-hydrogen) atoms. The van der Waals surface area contributed by atoms with Crippen LogP contribution in [0.15, 0.2) is 39.7 Å². The molecule has 1 aromatic heterocycles. The maximum absolute atomic E-state index is 11.6. The van der Waals surface area contributed by atoms with Crippen LogP contribution in [0.5, 0.6) is 5.75 Å². The van der Waals surface area contributed by atoms with E-state index in [0.29, 0.717) is 42.7 Å². The zero-order valence-electron chi connectivity index (χ0n) is 16.0. The van der Waals surface area contributed by atoms with Crippen LogP contribution in [-0.2, 0) is 11.3 Å². The number of aliphatic imine (C=N–C) groups is 1. The zero-order chi connectivity index (χ0) is 18.9. The van der Waals surface area contributed by atoms with Gasteiger partial charge < -0.3 is 24.5 Å². The highest BCUT2D eigenvalue weighted by molar-refractivity contribution is 14.0. The highest BCUT2D eigenvalue weighted by Crippen LogP contribution is 2.15. The molecule has 2 rings (SSSR count). The summed E-state index contributed by atoms with van der Waals surface area (Å²) in [6.45, 7) is 5.27. The van der Waals surface area contributed by atoms with Gasteiger partial charge in [0.15, 0.2) is 5.96 Å². The fourth-order valence-electron chi connectivity index (χ4n) is 2.31. The normalized spacial score (nSPS) is 10.7. The number of nitrogens with zero attached hydrogens (tertiary/aromatic N) is 1. The van der Waals surface area contributed by atoms with Gasteiger partial charge in [0.1, 0.15) is 29.4 Å². The van der Waals surface area contributed by atoms with Crippen LogP contribution in [0.2, 0.25) is 0 Å². The average molecular weight is 487 g/mol. The fraction of sp³-hybridized carbons (Fsp3) is 0.368. The highest BCUT2D eigenvalue weighted by atomic mass is 127. The third-order valence-corrected chi connectivity index (χ3v) is 3.71. The van der Waals surface area contributed by atoms with Gasteiger partial charge in [-0.3, -0.25) is 4.99 Å². The topological polar surface area (TPSA) is 85.1 Å². The lowest BCUT2D eigenvalue weighted by Crippen LogP contribution is -2.38. The summed E-state index contributed by atoms with van der Waals surface area (Å²) >= 11 is 0. The number of benzene rings is 1. The molecular weight excluding hydrogens is 461 g/mol. The Bertz CT molecular complexity index is 757. The van der Waals surface area contributed by atoms with E-state index in [4.69, 9.17) is 13.9 Å². The molecule has 148 valence electrons. The van der Waals surface area contributed by atoms with E-state index >= 15 is 0 Å². The number of ether oxygens (including phenoxy) is 2. The molecule has 2 N–H and O–H groups in total. The standard InChI is InChI=1S/C19H25N3O4.HI/c1-13-5-7-15(8-6-13)25-10-9-21-19(20-3)22-12-16-11-17(14(2)26-16)18(23)24-4;/h5-8,11H,9-10,12H2,1-4H3,(H2,20,21,22);1H. The number of hydrogen-bond acceptors (Lipinski definition) is 5. The quantitative estimate of drug-likeness (QED) is 0.205. The molecular formula is C19H26IN3O4. The summed E-state index contributed by atoms with van der Waals surface area (Å²) in [4.78, 5) is 15.7. The number of rotatable bonds is 7. The van der Waals surface area contributed by atoms with E-state index < -0.39 is 5.97 Å². The number of carbonyl (C=O) groups is 1. The Morgan fingerprint density at radius 1 is 1.19 bits per heavy atom. The molecule has 1 aromatic carbocycles. The van der Waals surface area contributed by atoms with E-state index in [9.17, 15) is 4.79 Å². The van der Waals surface area contributed by atoms with Crippen LogP contribution in [-0.4, -0.2) is 39.2 Å². The highest BCUT2D eigenvalue weighted by Gasteiger charge is 2.15. The van der Waals surface area contributed by atoms with Crippen LogP contribution < -0.4 is 15.4 Å². The van der Waals surface area contributed by atoms with Crippen molar-refractivity contribution in [1.82, 2.24) is 10.6 Å². The predicted molar refractivity (Wildman–Crippen MR) is 115 cm³/mol. The number of methoxy groups -OCH3 is 1. The van der Waals surface area contributed by atoms with Crippen molar-refractivity contribution in [2.75, 3.05) is 27.3 Å². The maximum Gasteiger partial charge on any atom is 0.341 e. The lowest BCUT2D eigenvalue weighted by Gasteiger charge is -2.11. The zero-order valence-corrected chi connectivity index (χ0v) is 18.3. The number of guanidine groups is 1. The van der Waals surface area contributed by atoms with E-state index in [1.54, 1.807) is 20.0 Å². The SMILES string of the molecule is CN=C(NCCOc1ccc(C)cc1)NCc1cc(C(=O)OC)c(C)o1.I. The second-order valence-electron chi connectivity index (χ2n) is 5.69. The van der Waals surface area contributed by atoms with Gasteiger partial charge in [-0.2, -0.15) is 0 Å². The van der Waals surface area contributed by atoms with Crippen molar-refractivity contribution in [2.24, 2.45) is 4.99 Å². The van der Waals surface area contributed by atoms with Crippen molar-refractivity contribution in [3.8, 4) is 5.75 Å². The summed E-state index contributed by atoms with van der Waals surface area (Å²) < 4.78 is 15.9. The molecule has 0 amide bonds. The Morgan fingerprint density at radius 3 is 2.52 bits per heavy atom. The van der Waals surface area contributed by atoms with Gasteiger partial charge in [0.2, 0.25) is 0 Å². The predicted octanol–water partition coefficient (Wildman–Crippen LogP) is 3.05. The van der Waals surface area contributed by atoms with Crippen molar-refractivity contribution in [3.63, 3.8) is 0 Å². The summed E-state index contributed by atoms with van der Waals surface area (Å²) in [5.74, 6) is 2.20. The van der Waals surface area contributed by atoms with Crippen LogP contribution in [0.1, 0.15) is 27.4 Å². The van der Waals surface area contributed by atoms with Crippen LogP contribution in [0.3, 0.4) is 0 Å². The molecule has 0 saturated carbocycles. The molecule has 0 aliphatic rings. The first-order valence-electron chi connectivity index (χ1n) is 8.35. The molecule has 0 aliphatic heterocycles. The largest absolute Gasteiger partial charge is 0.492 e. The Balaban J connectivity index is 0.00000364. The molecule has 0 radical (unpaired) electrons. The molecule has 8 heteroatoms. The van der Waals surface area contributed by atoms with E-state index in [0.717, 1.165) is 5.75 Å². The number of hydrogen-bond donors (Lipinski definition) is 2. The van der Waals surface area contributed by atoms with Gasteiger partial charge in [-0.1, -0.05) is 17.7 Å². The van der Waals surface area contributed by atoms with E-state index in [-0.39, 0.29) is 24.0 Å². The Kier molecular flexibility index (Phi) is 9.70. The first-order valence-corrected chi connectivity index (χ1v) is 8.35. The molecule has 0 fully saturated rings. The molecule has 0 atom stereocenters. The minimum atomic E-state index is -0.409. The van der Waals surface area contributed by atoms with Crippen molar-refractivity contribution in [3.05, 3.63) is 53.0 Å². The number of aryl methyl sites for hydroxylation is 2. The van der Waals surface area contributed by atoms with Crippen molar-refractivity contribution in [1.29, 1.82) is 0 Å². The molecule has 1 heterocycles. The van der Waals surface area contributed by atoms with Gasteiger partial charge in [-0.15, -0.1) is 24.0 Å². The van der Waals surface area contributed by atoms with Crippen molar-refractivity contribution in [2.45, 2.75) is 20.4 Å². The average Bonchev–Trinajstić information content (AvgIpc) is 3.02. The van der Waals surface area contributed by atoms with Gasteiger partial charge in [-0.25, -0.2) is 4.79 Å². The summed E-state index contributed by atoms with van der Waals surface area (Å²) in [5, 5.41) is 6.28. The molecule has 0 bridgehead atoms. The molecule has 0 spiro atoms. The third-order valence-electron chi connectivity index (χ3n) is 3.71. The molecule has 7 nitrogen and oxygen atoms in total. The fourth-order valence-corrected chi connectivity index (χ4v) is 2.31. The Morgan fingerprint density at radius 2 is 1.89 bits per heavy atom. The van der Waals surface area contributed by atoms with Crippen molar-refractivity contribution >= 4 is 35.9 Å². The summed E-state index contributed by atoms with van der Waals surface area (Å²) in [6, 6.07) is 9.58. The van der Waals surface area contributed by atoms with Crippen molar-refractivity contribution < 1.29 is 18.7 Å². The Hall–Kier alpha value is -2.23.